The largest absolute Gasteiger partial charge is 0.465 e. The van der Waals surface area contributed by atoms with E-state index < -0.39 is 35.8 Å². The predicted molar refractivity (Wildman–Crippen MR) is 260 cm³/mol. The molecule has 0 aromatic heterocycles. The zero-order valence-electron chi connectivity index (χ0n) is 41.8. The van der Waals surface area contributed by atoms with Crippen LogP contribution in [0, 0.1) is 0 Å². The minimum absolute atomic E-state index is 0.316. The van der Waals surface area contributed by atoms with E-state index in [1.807, 2.05) is 0 Å². The molecule has 0 bridgehead atoms. The van der Waals surface area contributed by atoms with Crippen molar-refractivity contribution in [2.24, 2.45) is 0 Å². The van der Waals surface area contributed by atoms with Gasteiger partial charge in [0.05, 0.1) is 39.6 Å². The molecular weight excluding hydrogens is 841 g/mol. The van der Waals surface area contributed by atoms with Gasteiger partial charge in [-0.2, -0.15) is 0 Å². The van der Waals surface area contributed by atoms with Crippen LogP contribution in [0.4, 0.5) is 0 Å². The standard InChI is InChI=1S/C54H96O12/c55-49-46-51(57)63-42-36-30-24-18-12-6-2-8-14-20-26-32-38-44-65-53(59)48-54(60)66-45-39-33-27-21-15-9-3-7-13-19-25-31-37-43-64-52(58)47-50(56)62-41-35-29-23-17-11-5-1-4-10-16-22-28-34-40-61-49/h1-48H2. The topological polar surface area (TPSA) is 158 Å². The third-order valence-electron chi connectivity index (χ3n) is 12.3. The Morgan fingerprint density at radius 1 is 0.152 bits per heavy atom. The highest BCUT2D eigenvalue weighted by Gasteiger charge is 2.14. The molecule has 12 heteroatoms. The quantitative estimate of drug-likeness (QED) is 0.129. The maximum Gasteiger partial charge on any atom is 0.317 e. The second-order valence-electron chi connectivity index (χ2n) is 18.6. The Morgan fingerprint density at radius 3 is 0.348 bits per heavy atom. The molecule has 1 rings (SSSR count). The molecule has 1 heterocycles. The third kappa shape index (κ3) is 46.0. The molecule has 12 nitrogen and oxygen atoms in total. The van der Waals surface area contributed by atoms with E-state index in [2.05, 4.69) is 0 Å². The van der Waals surface area contributed by atoms with Gasteiger partial charge in [0.2, 0.25) is 0 Å². The molecule has 0 aromatic carbocycles. The van der Waals surface area contributed by atoms with Gasteiger partial charge in [-0.25, -0.2) is 0 Å². The fourth-order valence-corrected chi connectivity index (χ4v) is 8.22. The van der Waals surface area contributed by atoms with Crippen molar-refractivity contribution in [1.29, 1.82) is 0 Å². The Bertz CT molecular complexity index is 963. The van der Waals surface area contributed by atoms with Gasteiger partial charge in [-0.15, -0.1) is 0 Å². The zero-order valence-corrected chi connectivity index (χ0v) is 41.8. The molecule has 0 amide bonds. The highest BCUT2D eigenvalue weighted by molar-refractivity contribution is 5.92. The molecule has 1 aliphatic rings. The maximum absolute atomic E-state index is 12.0. The Labute approximate surface area is 401 Å². The molecule has 0 aromatic rings. The first kappa shape index (κ1) is 60.8. The van der Waals surface area contributed by atoms with E-state index in [4.69, 9.17) is 28.4 Å². The summed E-state index contributed by atoms with van der Waals surface area (Å²) in [6.45, 7) is 2.12. The number of esters is 6. The minimum Gasteiger partial charge on any atom is -0.465 e. The normalized spacial score (nSPS) is 22.4. The summed E-state index contributed by atoms with van der Waals surface area (Å²) in [4.78, 5) is 72.0. The van der Waals surface area contributed by atoms with Gasteiger partial charge in [-0.3, -0.25) is 28.8 Å². The molecule has 0 radical (unpaired) electrons. The molecule has 0 atom stereocenters. The summed E-state index contributed by atoms with van der Waals surface area (Å²) in [7, 11) is 0. The van der Waals surface area contributed by atoms with Crippen LogP contribution in [0.1, 0.15) is 270 Å². The van der Waals surface area contributed by atoms with Gasteiger partial charge < -0.3 is 28.4 Å². The summed E-state index contributed by atoms with van der Waals surface area (Å²) in [5.41, 5.74) is 0. The van der Waals surface area contributed by atoms with Crippen molar-refractivity contribution in [2.75, 3.05) is 39.6 Å². The highest BCUT2D eigenvalue weighted by Crippen LogP contribution is 2.16. The van der Waals surface area contributed by atoms with E-state index in [0.29, 0.717) is 39.6 Å². The van der Waals surface area contributed by atoms with E-state index in [1.165, 1.54) is 135 Å². The van der Waals surface area contributed by atoms with Gasteiger partial charge in [-0.1, -0.05) is 212 Å². The summed E-state index contributed by atoms with van der Waals surface area (Å²) >= 11 is 0. The summed E-state index contributed by atoms with van der Waals surface area (Å²) in [5, 5.41) is 0. The van der Waals surface area contributed by atoms with Gasteiger partial charge in [0.1, 0.15) is 19.3 Å². The SMILES string of the molecule is O=C1CC(=O)OCCCCCCCCCCCCCCCOC(=O)CC(=O)OCCCCCCCCCCCCCCCOC(=O)CC(=O)OCCCCCCCCCCCCCCCO1. The molecule has 384 valence electrons. The average molecular weight is 937 g/mol. The van der Waals surface area contributed by atoms with Crippen molar-refractivity contribution in [1.82, 2.24) is 0 Å². The summed E-state index contributed by atoms with van der Waals surface area (Å²) in [5.74, 6) is -3.03. The van der Waals surface area contributed by atoms with Gasteiger partial charge >= 0.3 is 35.8 Å². The Balaban J connectivity index is 2.19. The second-order valence-corrected chi connectivity index (χ2v) is 18.6. The van der Waals surface area contributed by atoms with Crippen LogP contribution >= 0.6 is 0 Å². The monoisotopic (exact) mass is 937 g/mol. The van der Waals surface area contributed by atoms with E-state index in [-0.39, 0.29) is 19.3 Å². The van der Waals surface area contributed by atoms with E-state index in [1.54, 1.807) is 0 Å². The fourth-order valence-electron chi connectivity index (χ4n) is 8.22. The maximum atomic E-state index is 12.0. The molecule has 0 spiro atoms. The minimum atomic E-state index is -0.504. The lowest BCUT2D eigenvalue weighted by Crippen LogP contribution is -2.15. The smallest absolute Gasteiger partial charge is 0.317 e. The lowest BCUT2D eigenvalue weighted by atomic mass is 10.0. The van der Waals surface area contributed by atoms with Crippen LogP contribution in [-0.4, -0.2) is 75.5 Å². The van der Waals surface area contributed by atoms with Crippen LogP contribution in [0.25, 0.3) is 0 Å². The van der Waals surface area contributed by atoms with Crippen molar-refractivity contribution in [3.8, 4) is 0 Å². The molecule has 1 saturated heterocycles. The lowest BCUT2D eigenvalue weighted by molar-refractivity contribution is -0.156. The molecule has 1 aliphatic heterocycles. The third-order valence-corrected chi connectivity index (χ3v) is 12.3. The van der Waals surface area contributed by atoms with Crippen LogP contribution < -0.4 is 0 Å². The summed E-state index contributed by atoms with van der Waals surface area (Å²) in [6, 6.07) is 0. The van der Waals surface area contributed by atoms with Gasteiger partial charge in [0.25, 0.3) is 0 Å². The van der Waals surface area contributed by atoms with Crippen LogP contribution in [0.15, 0.2) is 0 Å². The van der Waals surface area contributed by atoms with Crippen LogP contribution in [0.3, 0.4) is 0 Å². The average Bonchev–Trinajstić information content (AvgIpc) is 3.29. The number of cyclic esters (lactones) is 6. The van der Waals surface area contributed by atoms with Crippen molar-refractivity contribution < 1.29 is 57.2 Å². The number of hydrogen-bond donors (Lipinski definition) is 0. The van der Waals surface area contributed by atoms with Gasteiger partial charge in [0, 0.05) is 0 Å². The Morgan fingerprint density at radius 2 is 0.242 bits per heavy atom. The molecule has 0 aliphatic carbocycles. The molecule has 0 N–H and O–H groups in total. The number of rotatable bonds is 0. The molecule has 0 unspecified atom stereocenters. The van der Waals surface area contributed by atoms with Gasteiger partial charge in [-0.05, 0) is 38.5 Å². The zero-order chi connectivity index (χ0) is 47.6. The molecule has 66 heavy (non-hydrogen) atoms. The lowest BCUT2D eigenvalue weighted by Gasteiger charge is -2.07. The van der Waals surface area contributed by atoms with E-state index in [9.17, 15) is 28.8 Å². The Hall–Kier alpha value is -3.18. The van der Waals surface area contributed by atoms with Crippen molar-refractivity contribution >= 4 is 35.8 Å². The first-order valence-corrected chi connectivity index (χ1v) is 27.3. The molecule has 1 fully saturated rings. The van der Waals surface area contributed by atoms with Crippen molar-refractivity contribution in [3.63, 3.8) is 0 Å². The number of ether oxygens (including phenoxy) is 6. The van der Waals surface area contributed by atoms with Crippen molar-refractivity contribution in [3.05, 3.63) is 0 Å². The second kappa shape index (κ2) is 48.3. The van der Waals surface area contributed by atoms with Gasteiger partial charge in [0.15, 0.2) is 0 Å². The first-order valence-electron chi connectivity index (χ1n) is 27.3. The predicted octanol–water partition coefficient (Wildman–Crippen LogP) is 13.6. The van der Waals surface area contributed by atoms with Crippen LogP contribution in [0.2, 0.25) is 0 Å². The number of carbonyl (C=O) groups is 6. The number of hydrogen-bond acceptors (Lipinski definition) is 12. The molecule has 0 saturated carbocycles. The summed E-state index contributed by atoms with van der Waals surface area (Å²) < 4.78 is 31.4. The number of carbonyl (C=O) groups excluding carboxylic acids is 6. The van der Waals surface area contributed by atoms with Crippen LogP contribution in [0.5, 0.6) is 0 Å². The summed E-state index contributed by atoms with van der Waals surface area (Å²) in [6.07, 6.45) is 42.5. The van der Waals surface area contributed by atoms with Crippen molar-refractivity contribution in [2.45, 2.75) is 270 Å². The Kier molecular flexibility index (Phi) is 44.5. The highest BCUT2D eigenvalue weighted by atomic mass is 16.6. The van der Waals surface area contributed by atoms with E-state index in [0.717, 1.165) is 116 Å². The fraction of sp³-hybridized carbons (Fsp3) is 0.889. The first-order chi connectivity index (χ1) is 32.4. The molecular formula is C54H96O12. The van der Waals surface area contributed by atoms with Crippen LogP contribution in [-0.2, 0) is 57.2 Å². The van der Waals surface area contributed by atoms with E-state index >= 15 is 0 Å².